The second-order valence-electron chi connectivity index (χ2n) is 7.45. The van der Waals surface area contributed by atoms with Gasteiger partial charge in [0, 0.05) is 24.3 Å². The highest BCUT2D eigenvalue weighted by molar-refractivity contribution is 6.03. The fourth-order valence-electron chi connectivity index (χ4n) is 3.45. The number of benzene rings is 2. The van der Waals surface area contributed by atoms with E-state index in [2.05, 4.69) is 11.4 Å². The van der Waals surface area contributed by atoms with Gasteiger partial charge in [0.15, 0.2) is 0 Å². The zero-order valence-corrected chi connectivity index (χ0v) is 17.0. The number of hydrogen-bond acceptors (Lipinski definition) is 4. The summed E-state index contributed by atoms with van der Waals surface area (Å²) in [6, 6.07) is 12.5. The number of esters is 1. The summed E-state index contributed by atoms with van der Waals surface area (Å²) in [6.45, 7) is 6.64. The molecule has 3 rings (SSSR count). The van der Waals surface area contributed by atoms with E-state index in [1.165, 1.54) is 0 Å². The largest absolute Gasteiger partial charge is 0.462 e. The van der Waals surface area contributed by atoms with E-state index >= 15 is 0 Å². The lowest BCUT2D eigenvalue weighted by Crippen LogP contribution is -2.28. The molecule has 0 unspecified atom stereocenters. The topological polar surface area (TPSA) is 75.7 Å². The first kappa shape index (κ1) is 20.6. The van der Waals surface area contributed by atoms with Gasteiger partial charge >= 0.3 is 5.97 Å². The minimum absolute atomic E-state index is 0.0517. The molecule has 1 aliphatic rings. The molecule has 6 nitrogen and oxygen atoms in total. The van der Waals surface area contributed by atoms with Gasteiger partial charge in [-0.3, -0.25) is 9.59 Å². The highest BCUT2D eigenvalue weighted by Crippen LogP contribution is 2.27. The molecule has 29 heavy (non-hydrogen) atoms. The standard InChI is InChI=1S/C23H26N2O4/c1-4-9-29-23(28)17-5-7-19(8-6-17)24-22(27)18-13-21(26)25(14-18)20-11-15(2)10-16(3)12-20/h5-8,10-12,18H,4,9,13-14H2,1-3H3,(H,24,27)/t18-/m1/s1. The van der Waals surface area contributed by atoms with Crippen molar-refractivity contribution in [3.63, 3.8) is 0 Å². The van der Waals surface area contributed by atoms with Crippen LogP contribution in [-0.2, 0) is 14.3 Å². The van der Waals surface area contributed by atoms with Crippen molar-refractivity contribution in [1.29, 1.82) is 0 Å². The van der Waals surface area contributed by atoms with Gasteiger partial charge in [-0.15, -0.1) is 0 Å². The number of amides is 2. The molecule has 2 aromatic rings. The van der Waals surface area contributed by atoms with Crippen molar-refractivity contribution in [2.75, 3.05) is 23.4 Å². The van der Waals surface area contributed by atoms with Gasteiger partial charge in [-0.05, 0) is 67.8 Å². The fourth-order valence-corrected chi connectivity index (χ4v) is 3.45. The van der Waals surface area contributed by atoms with Gasteiger partial charge in [0.25, 0.3) is 0 Å². The lowest BCUT2D eigenvalue weighted by molar-refractivity contribution is -0.122. The first-order chi connectivity index (χ1) is 13.9. The Kier molecular flexibility index (Phi) is 6.32. The number of anilines is 2. The summed E-state index contributed by atoms with van der Waals surface area (Å²) in [4.78, 5) is 38.6. The molecule has 152 valence electrons. The average Bonchev–Trinajstić information content (AvgIpc) is 3.08. The van der Waals surface area contributed by atoms with Crippen molar-refractivity contribution in [3.05, 3.63) is 59.2 Å². The van der Waals surface area contributed by atoms with Crippen LogP contribution in [0.5, 0.6) is 0 Å². The maximum Gasteiger partial charge on any atom is 0.338 e. The minimum Gasteiger partial charge on any atom is -0.462 e. The summed E-state index contributed by atoms with van der Waals surface area (Å²) >= 11 is 0. The smallest absolute Gasteiger partial charge is 0.338 e. The van der Waals surface area contributed by atoms with Crippen LogP contribution in [0.2, 0.25) is 0 Å². The van der Waals surface area contributed by atoms with Gasteiger partial charge < -0.3 is 15.0 Å². The molecule has 1 aliphatic heterocycles. The Morgan fingerprint density at radius 3 is 2.38 bits per heavy atom. The van der Waals surface area contributed by atoms with Gasteiger partial charge in [-0.1, -0.05) is 13.0 Å². The van der Waals surface area contributed by atoms with Crippen LogP contribution in [0, 0.1) is 19.8 Å². The van der Waals surface area contributed by atoms with E-state index in [0.717, 1.165) is 23.2 Å². The number of carbonyl (C=O) groups excluding carboxylic acids is 3. The first-order valence-corrected chi connectivity index (χ1v) is 9.84. The third kappa shape index (κ3) is 5.02. The third-order valence-electron chi connectivity index (χ3n) is 4.84. The van der Waals surface area contributed by atoms with E-state index in [0.29, 0.717) is 24.4 Å². The van der Waals surface area contributed by atoms with E-state index < -0.39 is 5.92 Å². The summed E-state index contributed by atoms with van der Waals surface area (Å²) < 4.78 is 5.09. The maximum absolute atomic E-state index is 12.6. The van der Waals surface area contributed by atoms with E-state index in [1.807, 2.05) is 32.9 Å². The Hall–Kier alpha value is -3.15. The van der Waals surface area contributed by atoms with Crippen LogP contribution in [0.4, 0.5) is 11.4 Å². The van der Waals surface area contributed by atoms with Crippen molar-refractivity contribution in [2.24, 2.45) is 5.92 Å². The van der Waals surface area contributed by atoms with Crippen LogP contribution in [0.15, 0.2) is 42.5 Å². The molecule has 1 N–H and O–H groups in total. The molecule has 0 aromatic heterocycles. The SMILES string of the molecule is CCCOC(=O)c1ccc(NC(=O)[C@@H]2CC(=O)N(c3cc(C)cc(C)c3)C2)cc1. The molecule has 1 fully saturated rings. The van der Waals surface area contributed by atoms with Gasteiger partial charge in [-0.25, -0.2) is 4.79 Å². The molecular weight excluding hydrogens is 368 g/mol. The predicted octanol–water partition coefficient (Wildman–Crippen LogP) is 3.86. The van der Waals surface area contributed by atoms with E-state index in [1.54, 1.807) is 29.2 Å². The Labute approximate surface area is 170 Å². The molecule has 0 spiro atoms. The van der Waals surface area contributed by atoms with Crippen LogP contribution >= 0.6 is 0 Å². The Balaban J connectivity index is 1.62. The van der Waals surface area contributed by atoms with E-state index in [4.69, 9.17) is 4.74 Å². The number of ether oxygens (including phenoxy) is 1. The Morgan fingerprint density at radius 1 is 1.10 bits per heavy atom. The molecule has 2 aromatic carbocycles. The molecule has 1 heterocycles. The second-order valence-corrected chi connectivity index (χ2v) is 7.45. The van der Waals surface area contributed by atoms with Crippen molar-refractivity contribution in [3.8, 4) is 0 Å². The molecule has 0 radical (unpaired) electrons. The maximum atomic E-state index is 12.6. The van der Waals surface area contributed by atoms with Crippen molar-refractivity contribution < 1.29 is 19.1 Å². The van der Waals surface area contributed by atoms with Crippen LogP contribution in [0.1, 0.15) is 41.3 Å². The van der Waals surface area contributed by atoms with Crippen molar-refractivity contribution >= 4 is 29.2 Å². The normalized spacial score (nSPS) is 16.0. The van der Waals surface area contributed by atoms with Gasteiger partial charge in [0.05, 0.1) is 18.1 Å². The highest BCUT2D eigenvalue weighted by Gasteiger charge is 2.35. The van der Waals surface area contributed by atoms with E-state index in [9.17, 15) is 14.4 Å². The monoisotopic (exact) mass is 394 g/mol. The average molecular weight is 394 g/mol. The molecule has 6 heteroatoms. The molecule has 1 saturated heterocycles. The zero-order valence-electron chi connectivity index (χ0n) is 17.0. The summed E-state index contributed by atoms with van der Waals surface area (Å²) in [5.41, 5.74) is 4.02. The molecule has 0 saturated carbocycles. The molecule has 0 bridgehead atoms. The van der Waals surface area contributed by atoms with Crippen LogP contribution in [-0.4, -0.2) is 30.9 Å². The lowest BCUT2D eigenvalue weighted by Gasteiger charge is -2.18. The quantitative estimate of drug-likeness (QED) is 0.755. The van der Waals surface area contributed by atoms with Crippen molar-refractivity contribution in [2.45, 2.75) is 33.6 Å². The summed E-state index contributed by atoms with van der Waals surface area (Å²) in [6.07, 6.45) is 0.944. The molecular formula is C23H26N2O4. The van der Waals surface area contributed by atoms with Crippen LogP contribution in [0.25, 0.3) is 0 Å². The van der Waals surface area contributed by atoms with Crippen LogP contribution in [0.3, 0.4) is 0 Å². The molecule has 2 amide bonds. The number of nitrogens with one attached hydrogen (secondary N) is 1. The molecule has 0 aliphatic carbocycles. The molecule has 1 atom stereocenters. The van der Waals surface area contributed by atoms with Crippen LogP contribution < -0.4 is 10.2 Å². The first-order valence-electron chi connectivity index (χ1n) is 9.84. The van der Waals surface area contributed by atoms with E-state index in [-0.39, 0.29) is 24.2 Å². The number of aryl methyl sites for hydroxylation is 2. The summed E-state index contributed by atoms with van der Waals surface area (Å²) in [5.74, 6) is -1.05. The minimum atomic E-state index is -0.419. The zero-order chi connectivity index (χ0) is 21.0. The Morgan fingerprint density at radius 2 is 1.76 bits per heavy atom. The van der Waals surface area contributed by atoms with Gasteiger partial charge in [0.1, 0.15) is 0 Å². The predicted molar refractivity (Wildman–Crippen MR) is 112 cm³/mol. The van der Waals surface area contributed by atoms with Gasteiger partial charge in [-0.2, -0.15) is 0 Å². The van der Waals surface area contributed by atoms with Crippen molar-refractivity contribution in [1.82, 2.24) is 0 Å². The highest BCUT2D eigenvalue weighted by atomic mass is 16.5. The van der Waals surface area contributed by atoms with Gasteiger partial charge in [0.2, 0.25) is 11.8 Å². The Bertz CT molecular complexity index is 901. The second kappa shape index (κ2) is 8.90. The lowest BCUT2D eigenvalue weighted by atomic mass is 10.1. The fraction of sp³-hybridized carbons (Fsp3) is 0.348. The summed E-state index contributed by atoms with van der Waals surface area (Å²) in [7, 11) is 0. The third-order valence-corrected chi connectivity index (χ3v) is 4.84. The number of rotatable bonds is 6. The summed E-state index contributed by atoms with van der Waals surface area (Å²) in [5, 5.41) is 2.84. The number of hydrogen-bond donors (Lipinski definition) is 1. The number of carbonyl (C=O) groups is 3. The number of nitrogens with zero attached hydrogens (tertiary/aromatic N) is 1.